The molecule has 0 aromatic heterocycles. The van der Waals surface area contributed by atoms with Gasteiger partial charge in [0.05, 0.1) is 5.60 Å². The maximum absolute atomic E-state index is 10.5. The van der Waals surface area contributed by atoms with E-state index in [0.29, 0.717) is 5.92 Å². The molecule has 0 amide bonds. The Hall–Kier alpha value is -0.0400. The zero-order valence-corrected chi connectivity index (χ0v) is 10.9. The van der Waals surface area contributed by atoms with E-state index in [1.165, 1.54) is 0 Å². The van der Waals surface area contributed by atoms with E-state index in [4.69, 9.17) is 0 Å². The summed E-state index contributed by atoms with van der Waals surface area (Å²) in [5, 5.41) is 10.5. The van der Waals surface area contributed by atoms with Gasteiger partial charge in [0.15, 0.2) is 0 Å². The van der Waals surface area contributed by atoms with Crippen LogP contribution >= 0.6 is 0 Å². The maximum Gasteiger partial charge on any atom is 0.0672 e. The predicted octanol–water partition coefficient (Wildman–Crippen LogP) is 4.00. The average Bonchev–Trinajstić information content (AvgIpc) is 2.13. The third-order valence-electron chi connectivity index (χ3n) is 4.07. The van der Waals surface area contributed by atoms with E-state index in [9.17, 15) is 5.11 Å². The summed E-state index contributed by atoms with van der Waals surface area (Å²) in [7, 11) is 0. The molecule has 1 atom stereocenters. The first-order chi connectivity index (χ1) is 6.29. The Kier molecular flexibility index (Phi) is 5.14. The van der Waals surface area contributed by atoms with Crippen LogP contribution in [-0.2, 0) is 0 Å². The lowest BCUT2D eigenvalue weighted by molar-refractivity contribution is -0.0749. The van der Waals surface area contributed by atoms with Crippen molar-refractivity contribution < 1.29 is 5.11 Å². The second-order valence-electron chi connectivity index (χ2n) is 5.47. The van der Waals surface area contributed by atoms with Crippen molar-refractivity contribution in [3.8, 4) is 0 Å². The zero-order valence-electron chi connectivity index (χ0n) is 10.9. The van der Waals surface area contributed by atoms with E-state index in [-0.39, 0.29) is 5.41 Å². The van der Waals surface area contributed by atoms with Crippen LogP contribution in [0.4, 0.5) is 0 Å². The van der Waals surface area contributed by atoms with Crippen LogP contribution in [0.5, 0.6) is 0 Å². The van der Waals surface area contributed by atoms with E-state index in [0.717, 1.165) is 25.7 Å². The van der Waals surface area contributed by atoms with Gasteiger partial charge in [-0.3, -0.25) is 0 Å². The molecule has 0 spiro atoms. The Morgan fingerprint density at radius 1 is 1.07 bits per heavy atom. The molecule has 0 aliphatic rings. The molecular weight excluding hydrogens is 172 g/mol. The van der Waals surface area contributed by atoms with E-state index >= 15 is 0 Å². The van der Waals surface area contributed by atoms with Crippen LogP contribution < -0.4 is 0 Å². The summed E-state index contributed by atoms with van der Waals surface area (Å²) in [6.07, 6.45) is 4.13. The smallest absolute Gasteiger partial charge is 0.0672 e. The van der Waals surface area contributed by atoms with Crippen molar-refractivity contribution in [3.05, 3.63) is 0 Å². The van der Waals surface area contributed by atoms with Gasteiger partial charge in [-0.2, -0.15) is 0 Å². The quantitative estimate of drug-likeness (QED) is 0.687. The van der Waals surface area contributed by atoms with Crippen LogP contribution in [0.25, 0.3) is 0 Å². The lowest BCUT2D eigenvalue weighted by Crippen LogP contribution is -2.43. The minimum atomic E-state index is -0.513. The molecule has 1 nitrogen and oxygen atoms in total. The monoisotopic (exact) mass is 200 g/mol. The Morgan fingerprint density at radius 3 is 1.79 bits per heavy atom. The van der Waals surface area contributed by atoms with Crippen LogP contribution in [0, 0.1) is 11.3 Å². The SMILES string of the molecule is CCC(C)(CC)C(C)(O)CCC(C)C. The summed E-state index contributed by atoms with van der Waals surface area (Å²) < 4.78 is 0. The van der Waals surface area contributed by atoms with Crippen LogP contribution in [0.3, 0.4) is 0 Å². The Balaban J connectivity index is 4.41. The number of hydrogen-bond acceptors (Lipinski definition) is 1. The summed E-state index contributed by atoms with van der Waals surface area (Å²) in [6.45, 7) is 13.0. The lowest BCUT2D eigenvalue weighted by atomic mass is 9.68. The molecule has 0 fully saturated rings. The summed E-state index contributed by atoms with van der Waals surface area (Å²) in [5.74, 6) is 0.680. The van der Waals surface area contributed by atoms with E-state index in [2.05, 4.69) is 34.6 Å². The fourth-order valence-electron chi connectivity index (χ4n) is 1.88. The van der Waals surface area contributed by atoms with E-state index in [1.54, 1.807) is 0 Å². The van der Waals surface area contributed by atoms with Crippen LogP contribution in [0.1, 0.15) is 67.2 Å². The molecule has 0 aromatic carbocycles. The van der Waals surface area contributed by atoms with Crippen molar-refractivity contribution >= 4 is 0 Å². The normalized spacial score (nSPS) is 17.1. The van der Waals surface area contributed by atoms with Crippen molar-refractivity contribution in [2.75, 3.05) is 0 Å². The third kappa shape index (κ3) is 3.27. The Bertz CT molecular complexity index is 155. The first-order valence-electron chi connectivity index (χ1n) is 6.01. The van der Waals surface area contributed by atoms with Gasteiger partial charge in [0.25, 0.3) is 0 Å². The van der Waals surface area contributed by atoms with Crippen LogP contribution in [0.15, 0.2) is 0 Å². The van der Waals surface area contributed by atoms with Gasteiger partial charge in [-0.05, 0) is 43.9 Å². The minimum absolute atomic E-state index is 0.0713. The van der Waals surface area contributed by atoms with Crippen molar-refractivity contribution in [2.45, 2.75) is 72.8 Å². The molecule has 0 radical (unpaired) electrons. The van der Waals surface area contributed by atoms with Gasteiger partial charge < -0.3 is 5.11 Å². The second-order valence-corrected chi connectivity index (χ2v) is 5.47. The van der Waals surface area contributed by atoms with Crippen LogP contribution in [-0.4, -0.2) is 10.7 Å². The van der Waals surface area contributed by atoms with Crippen molar-refractivity contribution in [1.29, 1.82) is 0 Å². The molecule has 86 valence electrons. The fourth-order valence-corrected chi connectivity index (χ4v) is 1.88. The second kappa shape index (κ2) is 5.16. The molecule has 0 aliphatic carbocycles. The topological polar surface area (TPSA) is 20.2 Å². The summed E-state index contributed by atoms with van der Waals surface area (Å²) >= 11 is 0. The molecule has 0 bridgehead atoms. The van der Waals surface area contributed by atoms with Crippen LogP contribution in [0.2, 0.25) is 0 Å². The average molecular weight is 200 g/mol. The largest absolute Gasteiger partial charge is 0.390 e. The van der Waals surface area contributed by atoms with Gasteiger partial charge in [0, 0.05) is 0 Å². The molecule has 0 rings (SSSR count). The van der Waals surface area contributed by atoms with Crippen molar-refractivity contribution in [3.63, 3.8) is 0 Å². The zero-order chi connectivity index (χ0) is 11.4. The molecule has 0 heterocycles. The molecule has 0 aliphatic heterocycles. The van der Waals surface area contributed by atoms with Crippen molar-refractivity contribution in [1.82, 2.24) is 0 Å². The first-order valence-corrected chi connectivity index (χ1v) is 6.01. The molecule has 0 aromatic rings. The van der Waals surface area contributed by atoms with Gasteiger partial charge in [-0.25, -0.2) is 0 Å². The predicted molar refractivity (Wildman–Crippen MR) is 63.4 cm³/mol. The number of hydrogen-bond donors (Lipinski definition) is 1. The van der Waals surface area contributed by atoms with Gasteiger partial charge >= 0.3 is 0 Å². The fraction of sp³-hybridized carbons (Fsp3) is 1.00. The number of rotatable bonds is 6. The first kappa shape index (κ1) is 14.0. The van der Waals surface area contributed by atoms with Gasteiger partial charge in [-0.1, -0.05) is 34.6 Å². The molecular formula is C13H28O. The number of aliphatic hydroxyl groups is 1. The molecule has 1 N–H and O–H groups in total. The molecule has 0 saturated carbocycles. The van der Waals surface area contributed by atoms with E-state index < -0.39 is 5.60 Å². The highest BCUT2D eigenvalue weighted by molar-refractivity contribution is 4.91. The summed E-state index contributed by atoms with van der Waals surface area (Å²) in [4.78, 5) is 0. The third-order valence-corrected chi connectivity index (χ3v) is 4.07. The van der Waals surface area contributed by atoms with Gasteiger partial charge in [-0.15, -0.1) is 0 Å². The summed E-state index contributed by atoms with van der Waals surface area (Å²) in [5.41, 5.74) is -0.442. The van der Waals surface area contributed by atoms with Gasteiger partial charge in [0.1, 0.15) is 0 Å². The lowest BCUT2D eigenvalue weighted by Gasteiger charge is -2.42. The highest BCUT2D eigenvalue weighted by Crippen LogP contribution is 2.41. The minimum Gasteiger partial charge on any atom is -0.390 e. The van der Waals surface area contributed by atoms with E-state index in [1.807, 2.05) is 6.92 Å². The molecule has 14 heavy (non-hydrogen) atoms. The molecule has 1 unspecified atom stereocenters. The Morgan fingerprint density at radius 2 is 1.50 bits per heavy atom. The molecule has 0 saturated heterocycles. The Labute approximate surface area is 89.9 Å². The summed E-state index contributed by atoms with van der Waals surface area (Å²) in [6, 6.07) is 0. The molecule has 1 heteroatoms. The standard InChI is InChI=1S/C13H28O/c1-7-12(5,8-2)13(6,14)10-9-11(3)4/h11,14H,7-10H2,1-6H3. The highest BCUT2D eigenvalue weighted by Gasteiger charge is 2.39. The van der Waals surface area contributed by atoms with Crippen molar-refractivity contribution in [2.24, 2.45) is 11.3 Å². The van der Waals surface area contributed by atoms with Gasteiger partial charge in [0.2, 0.25) is 0 Å². The maximum atomic E-state index is 10.5. The highest BCUT2D eigenvalue weighted by atomic mass is 16.3.